The summed E-state index contributed by atoms with van der Waals surface area (Å²) in [6.07, 6.45) is 1.32. The molecule has 2 aliphatic heterocycles. The van der Waals surface area contributed by atoms with Crippen LogP contribution in [-0.4, -0.2) is 42.8 Å². The highest BCUT2D eigenvalue weighted by Crippen LogP contribution is 2.31. The van der Waals surface area contributed by atoms with Crippen molar-refractivity contribution in [3.05, 3.63) is 36.0 Å². The fourth-order valence-corrected chi connectivity index (χ4v) is 2.53. The zero-order valence-corrected chi connectivity index (χ0v) is 12.0. The zero-order valence-electron chi connectivity index (χ0n) is 12.0. The Morgan fingerprint density at radius 1 is 1.22 bits per heavy atom. The molecule has 0 aliphatic carbocycles. The molecule has 0 aromatic heterocycles. The molecule has 1 amide bonds. The summed E-state index contributed by atoms with van der Waals surface area (Å²) in [6, 6.07) is 1.89. The van der Waals surface area contributed by atoms with Gasteiger partial charge in [-0.2, -0.15) is 0 Å². The van der Waals surface area contributed by atoms with Crippen molar-refractivity contribution >= 4 is 23.3 Å². The van der Waals surface area contributed by atoms with Crippen LogP contribution in [0.1, 0.15) is 6.42 Å². The summed E-state index contributed by atoms with van der Waals surface area (Å²) >= 11 is 0. The molecular formula is C15H14F2N2O4. The number of anilines is 2. The molecule has 0 radical (unpaired) electrons. The lowest BCUT2D eigenvalue weighted by molar-refractivity contribution is -0.114. The van der Waals surface area contributed by atoms with E-state index in [-0.39, 0.29) is 36.7 Å². The van der Waals surface area contributed by atoms with Crippen LogP contribution in [0.3, 0.4) is 0 Å². The van der Waals surface area contributed by atoms with E-state index in [0.29, 0.717) is 0 Å². The normalized spacial score (nSPS) is 21.1. The van der Waals surface area contributed by atoms with Crippen LogP contribution < -0.4 is 9.80 Å². The highest BCUT2D eigenvalue weighted by molar-refractivity contribution is 5.92. The van der Waals surface area contributed by atoms with Crippen LogP contribution in [0, 0.1) is 11.6 Å². The van der Waals surface area contributed by atoms with Crippen molar-refractivity contribution in [3.63, 3.8) is 0 Å². The second-order valence-corrected chi connectivity index (χ2v) is 5.28. The maximum Gasteiger partial charge on any atom is 0.414 e. The minimum atomic E-state index is -0.835. The van der Waals surface area contributed by atoms with Crippen molar-refractivity contribution < 1.29 is 28.2 Å². The number of halogens is 2. The molecule has 1 aromatic rings. The molecule has 2 aliphatic rings. The lowest BCUT2D eigenvalue weighted by Crippen LogP contribution is -2.28. The number of amides is 1. The van der Waals surface area contributed by atoms with Gasteiger partial charge in [0.1, 0.15) is 17.7 Å². The van der Waals surface area contributed by atoms with Crippen LogP contribution in [0.15, 0.2) is 24.4 Å². The Morgan fingerprint density at radius 2 is 1.91 bits per heavy atom. The van der Waals surface area contributed by atoms with Gasteiger partial charge in [-0.15, -0.1) is 0 Å². The molecule has 1 aromatic carbocycles. The predicted octanol–water partition coefficient (Wildman–Crippen LogP) is 1.58. The van der Waals surface area contributed by atoms with Crippen LogP contribution in [0.4, 0.5) is 25.0 Å². The average Bonchev–Trinajstić information content (AvgIpc) is 2.91. The number of ether oxygens (including phenoxy) is 1. The number of aliphatic hydroxyl groups excluding tert-OH is 1. The first-order chi connectivity index (χ1) is 11.0. The number of ketones is 1. The molecule has 0 bridgehead atoms. The molecule has 1 saturated heterocycles. The summed E-state index contributed by atoms with van der Waals surface area (Å²) in [5.74, 6) is -1.59. The van der Waals surface area contributed by atoms with E-state index in [1.807, 2.05) is 0 Å². The summed E-state index contributed by atoms with van der Waals surface area (Å²) < 4.78 is 33.5. The van der Waals surface area contributed by atoms with Gasteiger partial charge in [-0.3, -0.25) is 9.69 Å². The van der Waals surface area contributed by atoms with E-state index in [4.69, 9.17) is 9.84 Å². The minimum Gasteiger partial charge on any atom is -0.441 e. The lowest BCUT2D eigenvalue weighted by Gasteiger charge is -2.24. The van der Waals surface area contributed by atoms with Gasteiger partial charge in [-0.1, -0.05) is 0 Å². The molecule has 3 rings (SSSR count). The molecule has 1 atom stereocenters. The third-order valence-corrected chi connectivity index (χ3v) is 3.73. The molecule has 0 spiro atoms. The Balaban J connectivity index is 1.90. The smallest absolute Gasteiger partial charge is 0.414 e. The van der Waals surface area contributed by atoms with Gasteiger partial charge in [0.05, 0.1) is 24.5 Å². The lowest BCUT2D eigenvalue weighted by atomic mass is 10.1. The second kappa shape index (κ2) is 5.96. The van der Waals surface area contributed by atoms with Gasteiger partial charge in [0.2, 0.25) is 0 Å². The van der Waals surface area contributed by atoms with Gasteiger partial charge >= 0.3 is 6.09 Å². The average molecular weight is 324 g/mol. The SMILES string of the molecule is O=C1C=CN(c2cc(F)c(N3C[C@H](CO)OC3=O)cc2F)CC1. The van der Waals surface area contributed by atoms with Gasteiger partial charge in [0.25, 0.3) is 0 Å². The molecule has 2 heterocycles. The predicted molar refractivity (Wildman–Crippen MR) is 77.2 cm³/mol. The highest BCUT2D eigenvalue weighted by atomic mass is 19.1. The highest BCUT2D eigenvalue weighted by Gasteiger charge is 2.34. The topological polar surface area (TPSA) is 70.1 Å². The summed E-state index contributed by atoms with van der Waals surface area (Å²) in [6.45, 7) is -0.191. The molecule has 1 fully saturated rings. The Hall–Kier alpha value is -2.48. The fraction of sp³-hybridized carbons (Fsp3) is 0.333. The van der Waals surface area contributed by atoms with E-state index in [1.54, 1.807) is 0 Å². The van der Waals surface area contributed by atoms with Crippen molar-refractivity contribution in [1.29, 1.82) is 0 Å². The number of allylic oxidation sites excluding steroid dienone is 1. The van der Waals surface area contributed by atoms with Crippen LogP contribution >= 0.6 is 0 Å². The van der Waals surface area contributed by atoms with Crippen molar-refractivity contribution in [3.8, 4) is 0 Å². The fourth-order valence-electron chi connectivity index (χ4n) is 2.53. The van der Waals surface area contributed by atoms with Gasteiger partial charge in [-0.05, 0) is 6.08 Å². The third kappa shape index (κ3) is 2.89. The van der Waals surface area contributed by atoms with Gasteiger partial charge < -0.3 is 14.7 Å². The first kappa shape index (κ1) is 15.4. The number of aliphatic hydroxyl groups is 1. The Bertz CT molecular complexity index is 692. The third-order valence-electron chi connectivity index (χ3n) is 3.73. The second-order valence-electron chi connectivity index (χ2n) is 5.28. The molecule has 1 N–H and O–H groups in total. The summed E-state index contributed by atoms with van der Waals surface area (Å²) in [5.41, 5.74) is -0.259. The standard InChI is InChI=1S/C15H14F2N2O4/c16-11-6-14(19-7-10(8-20)23-15(19)22)12(17)5-13(11)18-3-1-9(21)2-4-18/h1,3,5-6,10,20H,2,4,7-8H2/t10-/m1/s1. The maximum absolute atomic E-state index is 14.3. The van der Waals surface area contributed by atoms with E-state index in [1.165, 1.54) is 17.2 Å². The summed E-state index contributed by atoms with van der Waals surface area (Å²) in [7, 11) is 0. The first-order valence-corrected chi connectivity index (χ1v) is 7.05. The minimum absolute atomic E-state index is 0.0127. The van der Waals surface area contributed by atoms with Gasteiger partial charge in [0, 0.05) is 31.3 Å². The van der Waals surface area contributed by atoms with Gasteiger partial charge in [-0.25, -0.2) is 13.6 Å². The van der Waals surface area contributed by atoms with Crippen LogP contribution in [0.2, 0.25) is 0 Å². The monoisotopic (exact) mass is 324 g/mol. The largest absolute Gasteiger partial charge is 0.441 e. The van der Waals surface area contributed by atoms with E-state index in [2.05, 4.69) is 0 Å². The number of cyclic esters (lactones) is 1. The van der Waals surface area contributed by atoms with Crippen molar-refractivity contribution in [1.82, 2.24) is 0 Å². The number of carbonyl (C=O) groups excluding carboxylic acids is 2. The number of rotatable bonds is 3. The van der Waals surface area contributed by atoms with E-state index in [0.717, 1.165) is 17.0 Å². The molecule has 122 valence electrons. The molecular weight excluding hydrogens is 310 g/mol. The summed E-state index contributed by atoms with van der Waals surface area (Å²) in [5, 5.41) is 8.99. The molecule has 6 nitrogen and oxygen atoms in total. The van der Waals surface area contributed by atoms with E-state index in [9.17, 15) is 18.4 Å². The van der Waals surface area contributed by atoms with Crippen molar-refractivity contribution in [2.45, 2.75) is 12.5 Å². The molecule has 0 saturated carbocycles. The van der Waals surface area contributed by atoms with Crippen LogP contribution in [-0.2, 0) is 9.53 Å². The number of carbonyl (C=O) groups is 2. The number of hydrogen-bond acceptors (Lipinski definition) is 5. The first-order valence-electron chi connectivity index (χ1n) is 7.05. The summed E-state index contributed by atoms with van der Waals surface area (Å²) in [4.78, 5) is 25.2. The van der Waals surface area contributed by atoms with Crippen LogP contribution in [0.25, 0.3) is 0 Å². The number of benzene rings is 1. The van der Waals surface area contributed by atoms with Crippen molar-refractivity contribution in [2.24, 2.45) is 0 Å². The molecule has 23 heavy (non-hydrogen) atoms. The van der Waals surface area contributed by atoms with E-state index >= 15 is 0 Å². The zero-order chi connectivity index (χ0) is 16.6. The quantitative estimate of drug-likeness (QED) is 0.914. The van der Waals surface area contributed by atoms with E-state index < -0.39 is 30.4 Å². The maximum atomic E-state index is 14.3. The molecule has 8 heteroatoms. The Kier molecular flexibility index (Phi) is 3.99. The van der Waals surface area contributed by atoms with Crippen LogP contribution in [0.5, 0.6) is 0 Å². The number of hydrogen-bond donors (Lipinski definition) is 1. The Morgan fingerprint density at radius 3 is 2.52 bits per heavy atom. The van der Waals surface area contributed by atoms with Crippen molar-refractivity contribution in [2.75, 3.05) is 29.5 Å². The molecule has 0 unspecified atom stereocenters. The van der Waals surface area contributed by atoms with Gasteiger partial charge in [0.15, 0.2) is 5.78 Å². The Labute approximate surface area is 130 Å². The number of nitrogens with zero attached hydrogens (tertiary/aromatic N) is 2.